The molecule has 1 saturated heterocycles. The molecule has 0 amide bonds. The minimum Gasteiger partial charge on any atom is -0.298 e. The van der Waals surface area contributed by atoms with E-state index in [1.165, 1.54) is 0 Å². The van der Waals surface area contributed by atoms with Crippen LogP contribution in [0.5, 0.6) is 0 Å². The lowest BCUT2D eigenvalue weighted by atomic mass is 9.89. The van der Waals surface area contributed by atoms with Crippen molar-refractivity contribution in [2.75, 3.05) is 26.2 Å². The second-order valence-corrected chi connectivity index (χ2v) is 5.87. The Hall–Kier alpha value is -0.680. The zero-order chi connectivity index (χ0) is 13.1. The lowest BCUT2D eigenvalue weighted by molar-refractivity contribution is -0.534. The number of hydrogen-bond donors (Lipinski definition) is 0. The summed E-state index contributed by atoms with van der Waals surface area (Å²) >= 11 is 0. The second-order valence-electron chi connectivity index (χ2n) is 5.87. The van der Waals surface area contributed by atoms with Gasteiger partial charge in [0.1, 0.15) is 0 Å². The summed E-state index contributed by atoms with van der Waals surface area (Å²) in [6, 6.07) is 0.442. The number of piperazine rings is 1. The van der Waals surface area contributed by atoms with E-state index < -0.39 is 0 Å². The summed E-state index contributed by atoms with van der Waals surface area (Å²) < 4.78 is 0. The van der Waals surface area contributed by atoms with Gasteiger partial charge in [0.15, 0.2) is 0 Å². The first-order valence-corrected chi connectivity index (χ1v) is 7.21. The maximum Gasteiger partial charge on any atom is 0.228 e. The molecule has 2 fully saturated rings. The largest absolute Gasteiger partial charge is 0.298 e. The highest BCUT2D eigenvalue weighted by molar-refractivity contribution is 4.87. The molecule has 18 heavy (non-hydrogen) atoms. The van der Waals surface area contributed by atoms with Gasteiger partial charge >= 0.3 is 0 Å². The molecular formula is C13H25N3O2. The van der Waals surface area contributed by atoms with Crippen LogP contribution in [0.2, 0.25) is 0 Å². The molecule has 1 aliphatic heterocycles. The van der Waals surface area contributed by atoms with Crippen molar-refractivity contribution in [3.8, 4) is 0 Å². The molecule has 0 spiro atoms. The third kappa shape index (κ3) is 3.01. The monoisotopic (exact) mass is 255 g/mol. The second kappa shape index (κ2) is 5.97. The van der Waals surface area contributed by atoms with Gasteiger partial charge in [0.05, 0.1) is 6.04 Å². The van der Waals surface area contributed by atoms with Crippen molar-refractivity contribution in [2.45, 2.75) is 57.7 Å². The molecule has 0 bridgehead atoms. The van der Waals surface area contributed by atoms with E-state index in [9.17, 15) is 10.1 Å². The van der Waals surface area contributed by atoms with Crippen molar-refractivity contribution >= 4 is 0 Å². The SMILES string of the molecule is CC(C)N1CCN([C@H]2CCCC[C@@H]2[N+](=O)[O-])CC1. The van der Waals surface area contributed by atoms with E-state index in [1.807, 2.05) is 0 Å². The van der Waals surface area contributed by atoms with E-state index in [-0.39, 0.29) is 17.0 Å². The van der Waals surface area contributed by atoms with E-state index in [4.69, 9.17) is 0 Å². The lowest BCUT2D eigenvalue weighted by Gasteiger charge is -2.42. The Balaban J connectivity index is 1.93. The first kappa shape index (κ1) is 13.7. The van der Waals surface area contributed by atoms with Crippen LogP contribution in [0.1, 0.15) is 39.5 Å². The minimum atomic E-state index is -0.329. The van der Waals surface area contributed by atoms with Gasteiger partial charge in [-0.05, 0) is 26.7 Å². The van der Waals surface area contributed by atoms with Gasteiger partial charge in [0.25, 0.3) is 0 Å². The van der Waals surface area contributed by atoms with Crippen molar-refractivity contribution in [3.05, 3.63) is 10.1 Å². The van der Waals surface area contributed by atoms with Gasteiger partial charge in [-0.1, -0.05) is 6.42 Å². The van der Waals surface area contributed by atoms with Crippen LogP contribution in [-0.4, -0.2) is 59.0 Å². The Morgan fingerprint density at radius 2 is 1.72 bits per heavy atom. The van der Waals surface area contributed by atoms with Crippen molar-refractivity contribution in [1.82, 2.24) is 9.80 Å². The molecule has 5 nitrogen and oxygen atoms in total. The molecule has 2 atom stereocenters. The standard InChI is InChI=1S/C13H25N3O2/c1-11(2)14-7-9-15(10-8-14)12-5-3-4-6-13(12)16(17)18/h11-13H,3-10H2,1-2H3/t12-,13-/m0/s1. The maximum absolute atomic E-state index is 11.1. The smallest absolute Gasteiger partial charge is 0.228 e. The number of hydrogen-bond acceptors (Lipinski definition) is 4. The van der Waals surface area contributed by atoms with Gasteiger partial charge < -0.3 is 0 Å². The Kier molecular flexibility index (Phi) is 4.56. The van der Waals surface area contributed by atoms with Gasteiger partial charge in [-0.3, -0.25) is 19.9 Å². The number of nitro groups is 1. The van der Waals surface area contributed by atoms with Crippen LogP contribution in [0.4, 0.5) is 0 Å². The van der Waals surface area contributed by atoms with E-state index >= 15 is 0 Å². The van der Waals surface area contributed by atoms with Crippen molar-refractivity contribution in [2.24, 2.45) is 0 Å². The predicted octanol–water partition coefficient (Wildman–Crippen LogP) is 1.60. The molecule has 0 aromatic carbocycles. The molecule has 0 radical (unpaired) electrons. The molecule has 0 N–H and O–H groups in total. The van der Waals surface area contributed by atoms with E-state index in [2.05, 4.69) is 23.6 Å². The molecule has 5 heteroatoms. The summed E-state index contributed by atoms with van der Waals surface area (Å²) in [7, 11) is 0. The molecule has 0 aromatic heterocycles. The first-order valence-electron chi connectivity index (χ1n) is 7.21. The zero-order valence-corrected chi connectivity index (χ0v) is 11.5. The Morgan fingerprint density at radius 3 is 2.28 bits per heavy atom. The zero-order valence-electron chi connectivity index (χ0n) is 11.5. The van der Waals surface area contributed by atoms with Crippen LogP contribution < -0.4 is 0 Å². The normalized spacial score (nSPS) is 31.7. The van der Waals surface area contributed by atoms with Gasteiger partial charge in [0.2, 0.25) is 6.04 Å². The molecule has 1 aliphatic carbocycles. The fraction of sp³-hybridized carbons (Fsp3) is 1.00. The molecule has 0 unspecified atom stereocenters. The van der Waals surface area contributed by atoms with Gasteiger partial charge in [-0.25, -0.2) is 0 Å². The third-order valence-electron chi connectivity index (χ3n) is 4.51. The summed E-state index contributed by atoms with van der Waals surface area (Å²) in [4.78, 5) is 15.9. The molecular weight excluding hydrogens is 230 g/mol. The summed E-state index contributed by atoms with van der Waals surface area (Å²) in [6.07, 6.45) is 3.95. The van der Waals surface area contributed by atoms with E-state index in [1.54, 1.807) is 0 Å². The number of nitrogens with zero attached hydrogens (tertiary/aromatic N) is 3. The summed E-state index contributed by atoms with van der Waals surface area (Å²) in [5.74, 6) is 0. The molecule has 2 rings (SSSR count). The van der Waals surface area contributed by atoms with Crippen LogP contribution in [0.25, 0.3) is 0 Å². The van der Waals surface area contributed by atoms with Crippen molar-refractivity contribution < 1.29 is 4.92 Å². The average Bonchev–Trinajstić information content (AvgIpc) is 2.39. The first-order chi connectivity index (χ1) is 8.59. The highest BCUT2D eigenvalue weighted by Gasteiger charge is 2.38. The summed E-state index contributed by atoms with van der Waals surface area (Å²) in [5.41, 5.74) is 0. The van der Waals surface area contributed by atoms with Gasteiger partial charge in [-0.2, -0.15) is 0 Å². The molecule has 104 valence electrons. The molecule has 0 aromatic rings. The third-order valence-corrected chi connectivity index (χ3v) is 4.51. The maximum atomic E-state index is 11.1. The highest BCUT2D eigenvalue weighted by atomic mass is 16.6. The van der Waals surface area contributed by atoms with Crippen LogP contribution in [0.15, 0.2) is 0 Å². The average molecular weight is 255 g/mol. The van der Waals surface area contributed by atoms with Gasteiger partial charge in [0, 0.05) is 43.6 Å². The summed E-state index contributed by atoms with van der Waals surface area (Å²) in [6.45, 7) is 8.53. The van der Waals surface area contributed by atoms with Crippen LogP contribution in [-0.2, 0) is 0 Å². The van der Waals surface area contributed by atoms with Crippen molar-refractivity contribution in [1.29, 1.82) is 0 Å². The number of rotatable bonds is 3. The fourth-order valence-electron chi connectivity index (χ4n) is 3.35. The molecule has 1 saturated carbocycles. The Labute approximate surface area is 109 Å². The Bertz CT molecular complexity index is 288. The van der Waals surface area contributed by atoms with Gasteiger partial charge in [-0.15, -0.1) is 0 Å². The van der Waals surface area contributed by atoms with Crippen molar-refractivity contribution in [3.63, 3.8) is 0 Å². The van der Waals surface area contributed by atoms with Crippen LogP contribution in [0.3, 0.4) is 0 Å². The fourth-order valence-corrected chi connectivity index (χ4v) is 3.35. The topological polar surface area (TPSA) is 49.6 Å². The molecule has 2 aliphatic rings. The minimum absolute atomic E-state index is 0.0430. The van der Waals surface area contributed by atoms with Crippen LogP contribution in [0, 0.1) is 10.1 Å². The lowest BCUT2D eigenvalue weighted by Crippen LogP contribution is -2.56. The Morgan fingerprint density at radius 1 is 1.11 bits per heavy atom. The predicted molar refractivity (Wildman–Crippen MR) is 71.3 cm³/mol. The summed E-state index contributed by atoms with van der Waals surface area (Å²) in [5, 5.41) is 11.1. The quantitative estimate of drug-likeness (QED) is 0.568. The molecule has 1 heterocycles. The highest BCUT2D eigenvalue weighted by Crippen LogP contribution is 2.26. The van der Waals surface area contributed by atoms with E-state index in [0.29, 0.717) is 6.04 Å². The van der Waals surface area contributed by atoms with Crippen LogP contribution >= 0.6 is 0 Å². The van der Waals surface area contributed by atoms with E-state index in [0.717, 1.165) is 51.9 Å².